The first-order chi connectivity index (χ1) is 6.81. The summed E-state index contributed by atoms with van der Waals surface area (Å²) in [5.74, 6) is 0. The first-order valence-electron chi connectivity index (χ1n) is 4.99. The molecule has 0 fully saturated rings. The van der Waals surface area contributed by atoms with E-state index in [0.29, 0.717) is 6.54 Å². The molecule has 0 bridgehead atoms. The Balaban J connectivity index is 2.13. The molecule has 1 aliphatic heterocycles. The molecule has 3 heteroatoms. The molecule has 0 aliphatic carbocycles. The Morgan fingerprint density at radius 3 is 2.86 bits per heavy atom. The lowest BCUT2D eigenvalue weighted by Gasteiger charge is -2.29. The van der Waals surface area contributed by atoms with Gasteiger partial charge in [-0.05, 0) is 17.5 Å². The number of aliphatic hydroxyl groups excluding tert-OH is 1. The third-order valence-corrected chi connectivity index (χ3v) is 2.82. The van der Waals surface area contributed by atoms with Crippen LogP contribution in [0.3, 0.4) is 0 Å². The molecule has 2 rings (SSSR count). The molecule has 0 spiro atoms. The molecule has 1 aromatic rings. The van der Waals surface area contributed by atoms with Crippen molar-refractivity contribution in [1.82, 2.24) is 5.32 Å². The van der Waals surface area contributed by atoms with Crippen molar-refractivity contribution < 1.29 is 5.11 Å². The Bertz CT molecular complexity index is 314. The second-order valence-electron chi connectivity index (χ2n) is 3.76. The molecule has 1 aliphatic rings. The lowest BCUT2D eigenvalue weighted by atomic mass is 9.93. The van der Waals surface area contributed by atoms with Crippen LogP contribution >= 0.6 is 0 Å². The van der Waals surface area contributed by atoms with Crippen LogP contribution in [0.2, 0.25) is 0 Å². The Kier molecular flexibility index (Phi) is 2.82. The number of fused-ring (bicyclic) bond motifs is 1. The van der Waals surface area contributed by atoms with Crippen LogP contribution in [0.5, 0.6) is 0 Å². The van der Waals surface area contributed by atoms with Crippen molar-refractivity contribution in [2.24, 2.45) is 5.73 Å². The van der Waals surface area contributed by atoms with Gasteiger partial charge in [0.25, 0.3) is 0 Å². The molecule has 1 unspecified atom stereocenters. The van der Waals surface area contributed by atoms with Crippen LogP contribution in [0.4, 0.5) is 0 Å². The first kappa shape index (κ1) is 9.65. The van der Waals surface area contributed by atoms with E-state index in [1.54, 1.807) is 0 Å². The monoisotopic (exact) mass is 192 g/mol. The molecule has 1 heterocycles. The summed E-state index contributed by atoms with van der Waals surface area (Å²) in [4.78, 5) is 0. The van der Waals surface area contributed by atoms with Crippen molar-refractivity contribution in [3.05, 3.63) is 35.4 Å². The third-order valence-electron chi connectivity index (χ3n) is 2.82. The zero-order valence-corrected chi connectivity index (χ0v) is 8.11. The molecule has 0 radical (unpaired) electrons. The zero-order valence-electron chi connectivity index (χ0n) is 8.11. The van der Waals surface area contributed by atoms with E-state index in [1.807, 2.05) is 12.1 Å². The number of rotatable bonds is 2. The first-order valence-corrected chi connectivity index (χ1v) is 4.99. The van der Waals surface area contributed by atoms with Gasteiger partial charge in [-0.2, -0.15) is 0 Å². The number of hydrogen-bond acceptors (Lipinski definition) is 3. The standard InChI is InChI=1S/C11H16N2O/c12-6-11(14)10-5-8-3-1-2-4-9(8)7-13-10/h1-4,10-11,13-14H,5-7,12H2/t10-,11?/m0/s1. The maximum atomic E-state index is 9.62. The lowest BCUT2D eigenvalue weighted by molar-refractivity contribution is 0.130. The molecule has 3 nitrogen and oxygen atoms in total. The second kappa shape index (κ2) is 4.09. The van der Waals surface area contributed by atoms with Gasteiger partial charge in [-0.25, -0.2) is 0 Å². The van der Waals surface area contributed by atoms with Crippen molar-refractivity contribution in [2.45, 2.75) is 25.1 Å². The van der Waals surface area contributed by atoms with Gasteiger partial charge in [-0.15, -0.1) is 0 Å². The third kappa shape index (κ3) is 1.80. The van der Waals surface area contributed by atoms with E-state index in [-0.39, 0.29) is 6.04 Å². The second-order valence-corrected chi connectivity index (χ2v) is 3.76. The number of benzene rings is 1. The average Bonchev–Trinajstić information content (AvgIpc) is 2.27. The molecule has 4 N–H and O–H groups in total. The molecule has 0 saturated carbocycles. The minimum atomic E-state index is -0.441. The van der Waals surface area contributed by atoms with Crippen molar-refractivity contribution in [2.75, 3.05) is 6.54 Å². The van der Waals surface area contributed by atoms with E-state index in [4.69, 9.17) is 5.73 Å². The van der Waals surface area contributed by atoms with Crippen molar-refractivity contribution >= 4 is 0 Å². The fourth-order valence-electron chi connectivity index (χ4n) is 1.92. The smallest absolute Gasteiger partial charge is 0.0818 e. The van der Waals surface area contributed by atoms with Crippen LogP contribution in [-0.4, -0.2) is 23.8 Å². The zero-order chi connectivity index (χ0) is 9.97. The van der Waals surface area contributed by atoms with Gasteiger partial charge in [0, 0.05) is 19.1 Å². The summed E-state index contributed by atoms with van der Waals surface area (Å²) in [6, 6.07) is 8.42. The number of nitrogens with two attached hydrogens (primary N) is 1. The molecule has 0 saturated heterocycles. The fourth-order valence-corrected chi connectivity index (χ4v) is 1.92. The molecule has 2 atom stereocenters. The van der Waals surface area contributed by atoms with Crippen LogP contribution in [0.25, 0.3) is 0 Å². The minimum absolute atomic E-state index is 0.106. The summed E-state index contributed by atoms with van der Waals surface area (Å²) in [5.41, 5.74) is 8.08. The Morgan fingerprint density at radius 1 is 1.43 bits per heavy atom. The number of nitrogens with one attached hydrogen (secondary N) is 1. The minimum Gasteiger partial charge on any atom is -0.390 e. The average molecular weight is 192 g/mol. The van der Waals surface area contributed by atoms with Crippen molar-refractivity contribution in [3.8, 4) is 0 Å². The molecule has 14 heavy (non-hydrogen) atoms. The molecule has 0 aromatic heterocycles. The van der Waals surface area contributed by atoms with Gasteiger partial charge in [-0.1, -0.05) is 24.3 Å². The molecule has 76 valence electrons. The van der Waals surface area contributed by atoms with E-state index < -0.39 is 6.10 Å². The summed E-state index contributed by atoms with van der Waals surface area (Å²) >= 11 is 0. The van der Waals surface area contributed by atoms with Gasteiger partial charge in [0.15, 0.2) is 0 Å². The molecule has 1 aromatic carbocycles. The van der Waals surface area contributed by atoms with Crippen LogP contribution in [-0.2, 0) is 13.0 Å². The van der Waals surface area contributed by atoms with Gasteiger partial charge in [0.2, 0.25) is 0 Å². The summed E-state index contributed by atoms with van der Waals surface area (Å²) < 4.78 is 0. The molecule has 0 amide bonds. The normalized spacial score (nSPS) is 22.9. The highest BCUT2D eigenvalue weighted by molar-refractivity contribution is 5.30. The lowest BCUT2D eigenvalue weighted by Crippen LogP contribution is -2.47. The van der Waals surface area contributed by atoms with Crippen LogP contribution in [0.1, 0.15) is 11.1 Å². The van der Waals surface area contributed by atoms with Crippen LogP contribution in [0, 0.1) is 0 Å². The van der Waals surface area contributed by atoms with Gasteiger partial charge in [0.05, 0.1) is 6.10 Å². The van der Waals surface area contributed by atoms with E-state index in [1.165, 1.54) is 11.1 Å². The van der Waals surface area contributed by atoms with Gasteiger partial charge < -0.3 is 16.2 Å². The Morgan fingerprint density at radius 2 is 2.14 bits per heavy atom. The van der Waals surface area contributed by atoms with Gasteiger partial charge in [-0.3, -0.25) is 0 Å². The summed E-state index contributed by atoms with van der Waals surface area (Å²) in [6.07, 6.45) is 0.428. The van der Waals surface area contributed by atoms with Gasteiger partial charge >= 0.3 is 0 Å². The SMILES string of the molecule is NCC(O)[C@@H]1Cc2ccccc2CN1. The fraction of sp³-hybridized carbons (Fsp3) is 0.455. The quantitative estimate of drug-likeness (QED) is 0.619. The highest BCUT2D eigenvalue weighted by Crippen LogP contribution is 2.17. The summed E-state index contributed by atoms with van der Waals surface area (Å²) in [7, 11) is 0. The van der Waals surface area contributed by atoms with Gasteiger partial charge in [0.1, 0.15) is 0 Å². The predicted octanol–water partition coefficient (Wildman–Crippen LogP) is 0.0205. The summed E-state index contributed by atoms with van der Waals surface area (Å²) in [5, 5.41) is 12.9. The Labute approximate surface area is 83.9 Å². The Hall–Kier alpha value is -0.900. The highest BCUT2D eigenvalue weighted by atomic mass is 16.3. The van der Waals surface area contributed by atoms with E-state index in [2.05, 4.69) is 17.4 Å². The highest BCUT2D eigenvalue weighted by Gasteiger charge is 2.22. The largest absolute Gasteiger partial charge is 0.390 e. The number of aliphatic hydroxyl groups is 1. The molecular weight excluding hydrogens is 176 g/mol. The predicted molar refractivity (Wildman–Crippen MR) is 55.8 cm³/mol. The maximum Gasteiger partial charge on any atom is 0.0818 e. The topological polar surface area (TPSA) is 58.3 Å². The van der Waals surface area contributed by atoms with Crippen molar-refractivity contribution in [3.63, 3.8) is 0 Å². The van der Waals surface area contributed by atoms with E-state index in [9.17, 15) is 5.11 Å². The van der Waals surface area contributed by atoms with E-state index in [0.717, 1.165) is 13.0 Å². The molecular formula is C11H16N2O. The van der Waals surface area contributed by atoms with Crippen LogP contribution < -0.4 is 11.1 Å². The van der Waals surface area contributed by atoms with Crippen molar-refractivity contribution in [1.29, 1.82) is 0 Å². The summed E-state index contributed by atoms with van der Waals surface area (Å²) in [6.45, 7) is 1.15. The maximum absolute atomic E-state index is 9.62. The van der Waals surface area contributed by atoms with E-state index >= 15 is 0 Å². The van der Waals surface area contributed by atoms with Crippen LogP contribution in [0.15, 0.2) is 24.3 Å². The number of hydrogen-bond donors (Lipinski definition) is 3.